The fourth-order valence-electron chi connectivity index (χ4n) is 1.57. The van der Waals surface area contributed by atoms with Crippen LogP contribution in [0.3, 0.4) is 0 Å². The Morgan fingerprint density at radius 1 is 1.21 bits per heavy atom. The van der Waals surface area contributed by atoms with Gasteiger partial charge in [-0.05, 0) is 43.0 Å². The first-order valence-corrected chi connectivity index (χ1v) is 6.67. The Balaban J connectivity index is 2.47. The third kappa shape index (κ3) is 1.19. The van der Waals surface area contributed by atoms with Gasteiger partial charge in [-0.3, -0.25) is 0 Å². The highest BCUT2D eigenvalue weighted by Gasteiger charge is 2.09. The molecule has 1 nitrogen and oxygen atoms in total. The largest absolute Gasteiger partial charge is 0.456 e. The first-order valence-electron chi connectivity index (χ1n) is 4.34. The number of hydrogen-bond donors (Lipinski definition) is 0. The van der Waals surface area contributed by atoms with Crippen molar-refractivity contribution in [3.05, 3.63) is 39.7 Å². The maximum atomic E-state index is 5.73. The zero-order valence-electron chi connectivity index (χ0n) is 7.33. The topological polar surface area (TPSA) is 13.1 Å². The quantitative estimate of drug-likeness (QED) is 0.674. The lowest BCUT2D eigenvalue weighted by molar-refractivity contribution is 0.603. The number of rotatable bonds is 0. The van der Waals surface area contributed by atoms with Crippen LogP contribution >= 0.6 is 20.7 Å². The van der Waals surface area contributed by atoms with Crippen LogP contribution in [0.5, 0.6) is 0 Å². The van der Waals surface area contributed by atoms with Gasteiger partial charge in [0.1, 0.15) is 11.3 Å². The Kier molecular flexibility index (Phi) is 1.89. The number of benzene rings is 1. The molecule has 0 amide bonds. The Labute approximate surface area is 91.5 Å². The van der Waals surface area contributed by atoms with E-state index in [0.29, 0.717) is 0 Å². The maximum absolute atomic E-state index is 5.73. The van der Waals surface area contributed by atoms with Crippen molar-refractivity contribution in [2.24, 2.45) is 0 Å². The van der Waals surface area contributed by atoms with Gasteiger partial charge in [0.2, 0.25) is 0 Å². The summed E-state index contributed by atoms with van der Waals surface area (Å²) >= 11 is -0.0376. The van der Waals surface area contributed by atoms with Crippen LogP contribution in [0.4, 0.5) is 0 Å². The lowest BCUT2D eigenvalue weighted by Gasteiger charge is -1.86. The third-order valence-corrected chi connectivity index (χ3v) is 3.59. The summed E-state index contributed by atoms with van der Waals surface area (Å²) < 4.78 is 11.2. The van der Waals surface area contributed by atoms with Gasteiger partial charge in [-0.1, -0.05) is 21.9 Å². The van der Waals surface area contributed by atoms with Crippen molar-refractivity contribution in [1.29, 1.82) is 0 Å². The lowest BCUT2D eigenvalue weighted by Crippen LogP contribution is -1.70. The van der Waals surface area contributed by atoms with Crippen molar-refractivity contribution in [2.45, 2.75) is 0 Å². The monoisotopic (exact) mass is 294 g/mol. The second-order valence-electron chi connectivity index (χ2n) is 3.03. The van der Waals surface area contributed by atoms with Crippen LogP contribution in [-0.2, 0) is 0 Å². The van der Waals surface area contributed by atoms with Crippen molar-refractivity contribution in [1.82, 2.24) is 0 Å². The van der Waals surface area contributed by atoms with Gasteiger partial charge in [0, 0.05) is 10.9 Å². The predicted molar refractivity (Wildman–Crippen MR) is 68.7 cm³/mol. The van der Waals surface area contributed by atoms with E-state index in [9.17, 15) is 0 Å². The summed E-state index contributed by atoms with van der Waals surface area (Å²) in [6, 6.07) is 8.12. The van der Waals surface area contributed by atoms with Crippen LogP contribution in [0.2, 0.25) is 0 Å². The van der Waals surface area contributed by atoms with E-state index in [2.05, 4.69) is 26.0 Å². The molecule has 2 aromatic rings. The molecule has 0 spiro atoms. The summed E-state index contributed by atoms with van der Waals surface area (Å²) in [7, 11) is 0. The molecule has 2 heterocycles. The molecule has 0 saturated carbocycles. The molecular weight excluding hydrogens is 287 g/mol. The van der Waals surface area contributed by atoms with Gasteiger partial charge in [-0.15, -0.1) is 0 Å². The zero-order chi connectivity index (χ0) is 9.38. The highest BCUT2D eigenvalue weighted by Crippen LogP contribution is 2.29. The fraction of sp³-hybridized carbons (Fsp3) is 0. The summed E-state index contributed by atoms with van der Waals surface area (Å²) in [5, 5.41) is 1.19. The van der Waals surface area contributed by atoms with E-state index >= 15 is 0 Å². The van der Waals surface area contributed by atoms with Crippen LogP contribution in [0.15, 0.2) is 32.8 Å². The number of furan rings is 1. The highest BCUT2D eigenvalue weighted by molar-refractivity contribution is 14.2. The summed E-state index contributed by atoms with van der Waals surface area (Å²) in [6.07, 6.45) is 4.13. The second kappa shape index (κ2) is 3.23. The average Bonchev–Trinajstić information content (AvgIpc) is 2.42. The van der Waals surface area contributed by atoms with E-state index in [1.54, 1.807) is 0 Å². The molecule has 1 aromatic carbocycles. The van der Waals surface area contributed by atoms with Gasteiger partial charge in [-0.2, -0.15) is 0 Å². The van der Waals surface area contributed by atoms with Crippen LogP contribution in [0.25, 0.3) is 23.1 Å². The summed E-state index contributed by atoms with van der Waals surface area (Å²) in [5.41, 5.74) is 2.13. The Bertz CT molecular complexity index is 583. The van der Waals surface area contributed by atoms with Crippen LogP contribution in [0, 0.1) is 0 Å². The number of halogens is 1. The molecule has 3 rings (SSSR count). The molecular formula is C12H7IO. The smallest absolute Gasteiger partial charge is 0.136 e. The molecule has 0 saturated heterocycles. The van der Waals surface area contributed by atoms with Gasteiger partial charge < -0.3 is 4.42 Å². The molecule has 0 N–H and O–H groups in total. The molecule has 0 fully saturated rings. The zero-order valence-corrected chi connectivity index (χ0v) is 9.49. The van der Waals surface area contributed by atoms with E-state index in [1.165, 1.54) is 10.9 Å². The fourth-order valence-corrected chi connectivity index (χ4v) is 2.77. The standard InChI is InChI=1S/C12H7IO/c1-2-4-11-9(3-1)10-5-7-13-8-6-12(10)14-11/h1-6,8H. The van der Waals surface area contributed by atoms with Crippen molar-refractivity contribution in [2.75, 3.05) is 0 Å². The highest BCUT2D eigenvalue weighted by atomic mass is 127. The third-order valence-electron chi connectivity index (χ3n) is 2.20. The van der Waals surface area contributed by atoms with Crippen molar-refractivity contribution in [3.63, 3.8) is 0 Å². The molecule has 0 bridgehead atoms. The van der Waals surface area contributed by atoms with E-state index < -0.39 is 0 Å². The minimum absolute atomic E-state index is 0.0376. The van der Waals surface area contributed by atoms with Gasteiger partial charge in [-0.25, -0.2) is 0 Å². The Morgan fingerprint density at radius 2 is 2.14 bits per heavy atom. The Hall–Kier alpha value is -1.12. The molecule has 14 heavy (non-hydrogen) atoms. The van der Waals surface area contributed by atoms with E-state index in [1.807, 2.05) is 18.2 Å². The molecule has 0 aliphatic carbocycles. The van der Waals surface area contributed by atoms with Gasteiger partial charge in [0.25, 0.3) is 0 Å². The SMILES string of the molecule is C1=Cc2c(oc3ccccc23)C=CI=1. The van der Waals surface area contributed by atoms with Gasteiger partial charge in [0.15, 0.2) is 0 Å². The first-order chi connectivity index (χ1) is 6.95. The van der Waals surface area contributed by atoms with Crippen LogP contribution in [0.1, 0.15) is 11.3 Å². The van der Waals surface area contributed by atoms with Crippen LogP contribution < -0.4 is 0 Å². The van der Waals surface area contributed by atoms with Crippen molar-refractivity contribution in [3.8, 4) is 0 Å². The minimum Gasteiger partial charge on any atom is -0.456 e. The molecule has 1 aliphatic rings. The van der Waals surface area contributed by atoms with Crippen LogP contribution in [-0.4, -0.2) is 3.67 Å². The van der Waals surface area contributed by atoms with Gasteiger partial charge in [0.05, 0.1) is 0 Å². The average molecular weight is 294 g/mol. The second-order valence-corrected chi connectivity index (χ2v) is 5.00. The van der Waals surface area contributed by atoms with E-state index in [4.69, 9.17) is 4.42 Å². The molecule has 0 unspecified atom stereocenters. The molecule has 68 valence electrons. The summed E-state index contributed by atoms with van der Waals surface area (Å²) in [4.78, 5) is 0. The normalized spacial score (nSPS) is 13.7. The minimum atomic E-state index is -0.0376. The predicted octanol–water partition coefficient (Wildman–Crippen LogP) is 3.80. The molecule has 1 aromatic heterocycles. The lowest BCUT2D eigenvalue weighted by atomic mass is 10.1. The van der Waals surface area contributed by atoms with Crippen molar-refractivity contribution < 1.29 is 4.42 Å². The molecule has 1 aliphatic heterocycles. The van der Waals surface area contributed by atoms with E-state index in [-0.39, 0.29) is 20.7 Å². The molecule has 2 heteroatoms. The number of fused-ring (bicyclic) bond motifs is 3. The maximum Gasteiger partial charge on any atom is 0.136 e. The Morgan fingerprint density at radius 3 is 3.14 bits per heavy atom. The van der Waals surface area contributed by atoms with Crippen molar-refractivity contribution >= 4 is 47.5 Å². The van der Waals surface area contributed by atoms with E-state index in [0.717, 1.165) is 11.3 Å². The molecule has 0 atom stereocenters. The molecule has 0 radical (unpaired) electrons. The summed E-state index contributed by atoms with van der Waals surface area (Å²) in [6.45, 7) is 0. The summed E-state index contributed by atoms with van der Waals surface area (Å²) in [5.74, 6) is 0.968. The number of hydrogen-bond acceptors (Lipinski definition) is 1. The van der Waals surface area contributed by atoms with Gasteiger partial charge >= 0.3 is 0 Å². The first kappa shape index (κ1) is 8.21. The number of para-hydroxylation sites is 1.